The van der Waals surface area contributed by atoms with Crippen molar-refractivity contribution in [3.05, 3.63) is 12.7 Å². The molecule has 0 saturated heterocycles. The first-order chi connectivity index (χ1) is 5.95. The minimum absolute atomic E-state index is 0.0796. The van der Waals surface area contributed by atoms with E-state index in [1.165, 1.54) is 0 Å². The van der Waals surface area contributed by atoms with Crippen molar-refractivity contribution in [1.29, 1.82) is 0 Å². The molecule has 1 N–H and O–H groups in total. The van der Waals surface area contributed by atoms with E-state index in [4.69, 9.17) is 0 Å². The molecular formula is C7H13NO4S. The molecule has 0 saturated carbocycles. The average Bonchev–Trinajstić information content (AvgIpc) is 2.01. The largest absolute Gasteiger partial charge is 0.352 e. The first kappa shape index (κ1) is 12.1. The van der Waals surface area contributed by atoms with Crippen LogP contribution in [-0.4, -0.2) is 33.7 Å². The van der Waals surface area contributed by atoms with Crippen LogP contribution in [0.25, 0.3) is 0 Å². The van der Waals surface area contributed by atoms with Gasteiger partial charge in [0.1, 0.15) is 0 Å². The molecule has 0 heterocycles. The lowest BCUT2D eigenvalue weighted by Crippen LogP contribution is -2.23. The number of rotatable bonds is 6. The molecule has 1 amide bonds. The lowest BCUT2D eigenvalue weighted by molar-refractivity contribution is -0.116. The number of nitrogens with one attached hydrogen (secondary N) is 1. The highest BCUT2D eigenvalue weighted by Crippen LogP contribution is 1.88. The second kappa shape index (κ2) is 5.71. The number of hydrogen-bond donors (Lipinski definition) is 1. The molecule has 0 aromatic carbocycles. The normalized spacial score (nSPS) is 10.8. The quantitative estimate of drug-likeness (QED) is 0.367. The highest BCUT2D eigenvalue weighted by Gasteiger charge is 2.00. The molecular weight excluding hydrogens is 194 g/mol. The Balaban J connectivity index is 3.38. The lowest BCUT2D eigenvalue weighted by atomic mass is 10.4. The second-order valence-corrected chi connectivity index (χ2v) is 4.02. The van der Waals surface area contributed by atoms with E-state index in [1.54, 1.807) is 0 Å². The molecule has 0 fully saturated rings. The minimum atomic E-state index is -3.36. The topological polar surface area (TPSA) is 72.5 Å². The summed E-state index contributed by atoms with van der Waals surface area (Å²) in [6, 6.07) is 0. The van der Waals surface area contributed by atoms with E-state index in [0.29, 0.717) is 13.0 Å². The molecule has 13 heavy (non-hydrogen) atoms. The SMILES string of the molecule is C=CC(=O)NCCCOS(C)(=O)=O. The second-order valence-electron chi connectivity index (χ2n) is 2.37. The van der Waals surface area contributed by atoms with Gasteiger partial charge in [-0.25, -0.2) is 0 Å². The van der Waals surface area contributed by atoms with Crippen LogP contribution in [0.3, 0.4) is 0 Å². The van der Waals surface area contributed by atoms with Crippen LogP contribution in [0, 0.1) is 0 Å². The molecule has 0 atom stereocenters. The van der Waals surface area contributed by atoms with E-state index in [0.717, 1.165) is 12.3 Å². The Morgan fingerprint density at radius 2 is 2.23 bits per heavy atom. The van der Waals surface area contributed by atoms with Gasteiger partial charge in [0, 0.05) is 6.54 Å². The monoisotopic (exact) mass is 207 g/mol. The number of amides is 1. The summed E-state index contributed by atoms with van der Waals surface area (Å²) in [5, 5.41) is 2.49. The fraction of sp³-hybridized carbons (Fsp3) is 0.571. The minimum Gasteiger partial charge on any atom is -0.352 e. The van der Waals surface area contributed by atoms with Gasteiger partial charge in [-0.3, -0.25) is 8.98 Å². The third kappa shape index (κ3) is 9.03. The van der Waals surface area contributed by atoms with Gasteiger partial charge in [0.15, 0.2) is 0 Å². The molecule has 0 aliphatic heterocycles. The molecule has 0 aromatic rings. The predicted octanol–water partition coefficient (Wildman–Crippen LogP) is -0.345. The van der Waals surface area contributed by atoms with Crippen molar-refractivity contribution < 1.29 is 17.4 Å². The Morgan fingerprint density at radius 1 is 1.62 bits per heavy atom. The maximum atomic E-state index is 10.6. The molecule has 5 nitrogen and oxygen atoms in total. The predicted molar refractivity (Wildman–Crippen MR) is 48.6 cm³/mol. The van der Waals surface area contributed by atoms with E-state index in [-0.39, 0.29) is 12.5 Å². The van der Waals surface area contributed by atoms with Crippen LogP contribution in [0.2, 0.25) is 0 Å². The van der Waals surface area contributed by atoms with Crippen molar-refractivity contribution in [1.82, 2.24) is 5.32 Å². The van der Waals surface area contributed by atoms with Crippen LogP contribution in [-0.2, 0) is 19.1 Å². The maximum Gasteiger partial charge on any atom is 0.264 e. The van der Waals surface area contributed by atoms with Gasteiger partial charge in [0.25, 0.3) is 10.1 Å². The van der Waals surface area contributed by atoms with Crippen LogP contribution in [0.4, 0.5) is 0 Å². The van der Waals surface area contributed by atoms with Crippen LogP contribution >= 0.6 is 0 Å². The smallest absolute Gasteiger partial charge is 0.264 e. The molecule has 0 spiro atoms. The van der Waals surface area contributed by atoms with Crippen LogP contribution in [0.1, 0.15) is 6.42 Å². The summed E-state index contributed by atoms with van der Waals surface area (Å²) in [5.41, 5.74) is 0. The lowest BCUT2D eigenvalue weighted by Gasteiger charge is -2.01. The van der Waals surface area contributed by atoms with Crippen molar-refractivity contribution in [2.45, 2.75) is 6.42 Å². The van der Waals surface area contributed by atoms with E-state index >= 15 is 0 Å². The van der Waals surface area contributed by atoms with Gasteiger partial charge in [-0.05, 0) is 12.5 Å². The Morgan fingerprint density at radius 3 is 2.69 bits per heavy atom. The van der Waals surface area contributed by atoms with E-state index < -0.39 is 10.1 Å². The van der Waals surface area contributed by atoms with E-state index in [9.17, 15) is 13.2 Å². The van der Waals surface area contributed by atoms with Gasteiger partial charge in [0.2, 0.25) is 5.91 Å². The standard InChI is InChI=1S/C7H13NO4S/c1-3-7(9)8-5-4-6-12-13(2,10)11/h3H,1,4-6H2,2H3,(H,8,9). The maximum absolute atomic E-state index is 10.6. The molecule has 0 unspecified atom stereocenters. The zero-order valence-electron chi connectivity index (χ0n) is 7.45. The van der Waals surface area contributed by atoms with Crippen molar-refractivity contribution in [3.8, 4) is 0 Å². The summed E-state index contributed by atoms with van der Waals surface area (Å²) >= 11 is 0. The zero-order valence-corrected chi connectivity index (χ0v) is 8.26. The van der Waals surface area contributed by atoms with Crippen molar-refractivity contribution in [3.63, 3.8) is 0 Å². The van der Waals surface area contributed by atoms with Gasteiger partial charge < -0.3 is 5.32 Å². The molecule has 76 valence electrons. The molecule has 6 heteroatoms. The summed E-state index contributed by atoms with van der Waals surface area (Å²) < 4.78 is 25.4. The summed E-state index contributed by atoms with van der Waals surface area (Å²) in [6.07, 6.45) is 2.58. The summed E-state index contributed by atoms with van der Waals surface area (Å²) in [4.78, 5) is 10.6. The first-order valence-corrected chi connectivity index (χ1v) is 5.52. The molecule has 0 aliphatic rings. The average molecular weight is 207 g/mol. The molecule has 0 radical (unpaired) electrons. The van der Waals surface area contributed by atoms with Gasteiger partial charge in [0.05, 0.1) is 12.9 Å². The van der Waals surface area contributed by atoms with E-state index in [1.807, 2.05) is 0 Å². The summed E-state index contributed by atoms with van der Waals surface area (Å²) in [5.74, 6) is -0.278. The van der Waals surface area contributed by atoms with Crippen LogP contribution < -0.4 is 5.32 Å². The van der Waals surface area contributed by atoms with Gasteiger partial charge in [-0.15, -0.1) is 0 Å². The van der Waals surface area contributed by atoms with E-state index in [2.05, 4.69) is 16.1 Å². The molecule has 0 aromatic heterocycles. The van der Waals surface area contributed by atoms with Gasteiger partial charge >= 0.3 is 0 Å². The third-order valence-electron chi connectivity index (χ3n) is 1.10. The Kier molecular flexibility index (Phi) is 5.33. The van der Waals surface area contributed by atoms with Gasteiger partial charge in [-0.2, -0.15) is 8.42 Å². The molecule has 0 rings (SSSR count). The summed E-state index contributed by atoms with van der Waals surface area (Å²) in [6.45, 7) is 3.71. The fourth-order valence-corrected chi connectivity index (χ4v) is 0.987. The van der Waals surface area contributed by atoms with Crippen molar-refractivity contribution in [2.24, 2.45) is 0 Å². The third-order valence-corrected chi connectivity index (χ3v) is 1.70. The first-order valence-electron chi connectivity index (χ1n) is 3.70. The Hall–Kier alpha value is -0.880. The van der Waals surface area contributed by atoms with Gasteiger partial charge in [-0.1, -0.05) is 6.58 Å². The fourth-order valence-electron chi connectivity index (χ4n) is 0.566. The number of hydrogen-bond acceptors (Lipinski definition) is 4. The molecule has 0 aliphatic carbocycles. The zero-order chi connectivity index (χ0) is 10.3. The van der Waals surface area contributed by atoms with Crippen LogP contribution in [0.5, 0.6) is 0 Å². The van der Waals surface area contributed by atoms with Crippen molar-refractivity contribution >= 4 is 16.0 Å². The number of carbonyl (C=O) groups excluding carboxylic acids is 1. The Labute approximate surface area is 77.9 Å². The summed E-state index contributed by atoms with van der Waals surface area (Å²) in [7, 11) is -3.36. The highest BCUT2D eigenvalue weighted by atomic mass is 32.2. The van der Waals surface area contributed by atoms with Crippen molar-refractivity contribution in [2.75, 3.05) is 19.4 Å². The Bertz CT molecular complexity index is 270. The highest BCUT2D eigenvalue weighted by molar-refractivity contribution is 7.85. The number of carbonyl (C=O) groups is 1. The molecule has 0 bridgehead atoms. The van der Waals surface area contributed by atoms with Crippen LogP contribution in [0.15, 0.2) is 12.7 Å².